The second-order valence-corrected chi connectivity index (χ2v) is 11.3. The fourth-order valence-corrected chi connectivity index (χ4v) is 7.36. The standard InChI is InChI=1S/C23H39FN2O2/c1-21(2,13-25)28-26-19-11-14-5-6-15-16-7-8-20(27)22(16,3)10-9-17(15)23(14,4)12-18(19)24/h14-18,20,27H,5-13,25H2,1-4H3/b26-19+/t14?,15-,16-,17-,18+,20-,22-,23-/m0/s1. The van der Waals surface area contributed by atoms with Crippen LogP contribution >= 0.6 is 0 Å². The number of aliphatic hydroxyl groups is 1. The van der Waals surface area contributed by atoms with Crippen molar-refractivity contribution in [2.75, 3.05) is 6.54 Å². The maximum absolute atomic E-state index is 15.2. The summed E-state index contributed by atoms with van der Waals surface area (Å²) in [5.41, 5.74) is 5.87. The van der Waals surface area contributed by atoms with Gasteiger partial charge in [-0.25, -0.2) is 4.39 Å². The maximum Gasteiger partial charge on any atom is 0.144 e. The highest BCUT2D eigenvalue weighted by Gasteiger charge is 2.61. The Morgan fingerprint density at radius 1 is 1.14 bits per heavy atom. The van der Waals surface area contributed by atoms with Crippen LogP contribution in [0.3, 0.4) is 0 Å². The fraction of sp³-hybridized carbons (Fsp3) is 0.957. The Labute approximate surface area is 169 Å². The van der Waals surface area contributed by atoms with E-state index < -0.39 is 11.8 Å². The van der Waals surface area contributed by atoms with Gasteiger partial charge in [0.05, 0.1) is 11.8 Å². The van der Waals surface area contributed by atoms with Crippen LogP contribution in [0.5, 0.6) is 0 Å². The summed E-state index contributed by atoms with van der Waals surface area (Å²) in [6, 6.07) is 0. The first-order valence-electron chi connectivity index (χ1n) is 11.4. The fourth-order valence-electron chi connectivity index (χ4n) is 7.36. The molecule has 0 heterocycles. The average Bonchev–Trinajstić information content (AvgIpc) is 2.95. The SMILES string of the molecule is CC(C)(CN)O/N=C1\CC2CC[C@H]3[C@@H]4CC[C@H](O)[C@@]4(C)CC[C@@H]3[C@@]2(C)C[C@H]1F. The van der Waals surface area contributed by atoms with E-state index in [1.165, 1.54) is 6.42 Å². The molecule has 0 aromatic carbocycles. The quantitative estimate of drug-likeness (QED) is 0.695. The summed E-state index contributed by atoms with van der Waals surface area (Å²) in [4.78, 5) is 5.58. The Morgan fingerprint density at radius 3 is 2.57 bits per heavy atom. The summed E-state index contributed by atoms with van der Waals surface area (Å²) in [5.74, 6) is 2.33. The second-order valence-electron chi connectivity index (χ2n) is 11.3. The lowest BCUT2D eigenvalue weighted by atomic mass is 9.45. The second kappa shape index (κ2) is 6.94. The molecule has 0 aliphatic heterocycles. The lowest BCUT2D eigenvalue weighted by Crippen LogP contribution is -2.55. The topological polar surface area (TPSA) is 67.8 Å². The first-order valence-corrected chi connectivity index (χ1v) is 11.4. The number of aliphatic hydroxyl groups excluding tert-OH is 1. The van der Waals surface area contributed by atoms with E-state index in [-0.39, 0.29) is 16.9 Å². The van der Waals surface area contributed by atoms with E-state index in [1.807, 2.05) is 13.8 Å². The number of hydrogen-bond donors (Lipinski definition) is 2. The van der Waals surface area contributed by atoms with Gasteiger partial charge in [0, 0.05) is 6.54 Å². The molecule has 8 atom stereocenters. The Morgan fingerprint density at radius 2 is 1.86 bits per heavy atom. The van der Waals surface area contributed by atoms with Gasteiger partial charge in [-0.15, -0.1) is 0 Å². The third kappa shape index (κ3) is 3.12. The maximum atomic E-state index is 15.2. The average molecular weight is 395 g/mol. The lowest BCUT2D eigenvalue weighted by Gasteiger charge is -2.60. The predicted octanol–water partition coefficient (Wildman–Crippen LogP) is 4.45. The third-order valence-electron chi connectivity index (χ3n) is 9.35. The van der Waals surface area contributed by atoms with Crippen LogP contribution < -0.4 is 5.73 Å². The summed E-state index contributed by atoms with van der Waals surface area (Å²) < 4.78 is 15.2. The van der Waals surface area contributed by atoms with Crippen molar-refractivity contribution >= 4 is 5.71 Å². The molecule has 4 saturated carbocycles. The van der Waals surface area contributed by atoms with Crippen LogP contribution in [-0.4, -0.2) is 35.2 Å². The van der Waals surface area contributed by atoms with Gasteiger partial charge in [-0.2, -0.15) is 0 Å². The molecule has 0 aromatic heterocycles. The van der Waals surface area contributed by atoms with Crippen LogP contribution in [0.2, 0.25) is 0 Å². The molecular weight excluding hydrogens is 355 g/mol. The van der Waals surface area contributed by atoms with Gasteiger partial charge in [-0.1, -0.05) is 19.0 Å². The monoisotopic (exact) mass is 394 g/mol. The zero-order valence-corrected chi connectivity index (χ0v) is 18.1. The van der Waals surface area contributed by atoms with Gasteiger partial charge in [0.25, 0.3) is 0 Å². The molecule has 0 saturated heterocycles. The van der Waals surface area contributed by atoms with Crippen LogP contribution in [-0.2, 0) is 4.84 Å². The van der Waals surface area contributed by atoms with Crippen molar-refractivity contribution in [3.63, 3.8) is 0 Å². The van der Waals surface area contributed by atoms with E-state index in [1.54, 1.807) is 0 Å². The molecule has 1 unspecified atom stereocenters. The number of nitrogens with zero attached hydrogens (tertiary/aromatic N) is 1. The number of alkyl halides is 1. The zero-order valence-electron chi connectivity index (χ0n) is 18.1. The van der Waals surface area contributed by atoms with Gasteiger partial charge < -0.3 is 15.7 Å². The smallest absolute Gasteiger partial charge is 0.144 e. The molecule has 4 rings (SSSR count). The largest absolute Gasteiger partial charge is 0.393 e. The van der Waals surface area contributed by atoms with E-state index in [4.69, 9.17) is 10.6 Å². The highest BCUT2D eigenvalue weighted by atomic mass is 19.1. The molecule has 4 aliphatic rings. The van der Waals surface area contributed by atoms with Gasteiger partial charge in [0.2, 0.25) is 0 Å². The summed E-state index contributed by atoms with van der Waals surface area (Å²) in [5, 5.41) is 14.8. The lowest BCUT2D eigenvalue weighted by molar-refractivity contribution is -0.118. The van der Waals surface area contributed by atoms with Crippen molar-refractivity contribution in [1.29, 1.82) is 0 Å². The van der Waals surface area contributed by atoms with E-state index in [0.29, 0.717) is 48.8 Å². The first-order chi connectivity index (χ1) is 13.1. The van der Waals surface area contributed by atoms with Gasteiger partial charge in [0.1, 0.15) is 11.8 Å². The van der Waals surface area contributed by atoms with Gasteiger partial charge >= 0.3 is 0 Å². The Balaban J connectivity index is 1.53. The number of oxime groups is 1. The molecular formula is C23H39FN2O2. The highest BCUT2D eigenvalue weighted by molar-refractivity contribution is 5.89. The molecule has 5 heteroatoms. The van der Waals surface area contributed by atoms with Gasteiger partial charge in [0.15, 0.2) is 0 Å². The number of hydrogen-bond acceptors (Lipinski definition) is 4. The number of nitrogens with two attached hydrogens (primary N) is 1. The van der Waals surface area contributed by atoms with Gasteiger partial charge in [-0.05, 0) is 99.7 Å². The molecule has 4 aliphatic carbocycles. The van der Waals surface area contributed by atoms with E-state index >= 15 is 4.39 Å². The minimum Gasteiger partial charge on any atom is -0.393 e. The normalized spacial score (nSPS) is 50.0. The summed E-state index contributed by atoms with van der Waals surface area (Å²) in [6.45, 7) is 8.78. The van der Waals surface area contributed by atoms with Crippen LogP contribution in [0.1, 0.15) is 79.1 Å². The molecule has 4 nitrogen and oxygen atoms in total. The van der Waals surface area contributed by atoms with E-state index in [9.17, 15) is 5.11 Å². The predicted molar refractivity (Wildman–Crippen MR) is 110 cm³/mol. The van der Waals surface area contributed by atoms with Crippen LogP contribution in [0, 0.1) is 34.5 Å². The van der Waals surface area contributed by atoms with E-state index in [0.717, 1.165) is 32.1 Å². The molecule has 0 radical (unpaired) electrons. The molecule has 4 fully saturated rings. The van der Waals surface area contributed by atoms with Crippen LogP contribution in [0.15, 0.2) is 5.16 Å². The number of halogens is 1. The summed E-state index contributed by atoms with van der Waals surface area (Å²) in [7, 11) is 0. The molecule has 0 aromatic rings. The molecule has 28 heavy (non-hydrogen) atoms. The molecule has 3 N–H and O–H groups in total. The minimum absolute atomic E-state index is 0.0413. The molecule has 0 amide bonds. The Hall–Kier alpha value is -0.680. The number of rotatable bonds is 3. The van der Waals surface area contributed by atoms with Crippen molar-refractivity contribution < 1.29 is 14.3 Å². The Bertz CT molecular complexity index is 638. The minimum atomic E-state index is -1.02. The van der Waals surface area contributed by atoms with Crippen molar-refractivity contribution in [1.82, 2.24) is 0 Å². The van der Waals surface area contributed by atoms with Crippen molar-refractivity contribution in [3.05, 3.63) is 0 Å². The van der Waals surface area contributed by atoms with Crippen molar-refractivity contribution in [2.45, 2.75) is 96.9 Å². The molecule has 0 spiro atoms. The molecule has 160 valence electrons. The summed E-state index contributed by atoms with van der Waals surface area (Å²) >= 11 is 0. The first kappa shape index (κ1) is 20.6. The number of fused-ring (bicyclic) bond motifs is 5. The van der Waals surface area contributed by atoms with Crippen molar-refractivity contribution in [3.8, 4) is 0 Å². The third-order valence-corrected chi connectivity index (χ3v) is 9.35. The van der Waals surface area contributed by atoms with Gasteiger partial charge in [-0.3, -0.25) is 0 Å². The van der Waals surface area contributed by atoms with Crippen LogP contribution in [0.4, 0.5) is 4.39 Å². The van der Waals surface area contributed by atoms with E-state index in [2.05, 4.69) is 19.0 Å². The molecule has 0 bridgehead atoms. The summed E-state index contributed by atoms with van der Waals surface area (Å²) in [6.07, 6.45) is 6.80. The van der Waals surface area contributed by atoms with Crippen LogP contribution in [0.25, 0.3) is 0 Å². The Kier molecular flexibility index (Phi) is 5.10. The highest BCUT2D eigenvalue weighted by Crippen LogP contribution is 2.66. The van der Waals surface area contributed by atoms with Crippen molar-refractivity contribution in [2.24, 2.45) is 45.4 Å². The zero-order chi connectivity index (χ0) is 20.3.